The molecule has 0 saturated heterocycles. The Balaban J connectivity index is 2.27. The summed E-state index contributed by atoms with van der Waals surface area (Å²) in [5, 5.41) is 14.0. The van der Waals surface area contributed by atoms with Crippen molar-refractivity contribution in [3.8, 4) is 0 Å². The first-order valence-corrected chi connectivity index (χ1v) is 6.99. The molecule has 0 saturated carbocycles. The molecule has 2 aromatic rings. The molecular formula is C15H15ClN2O4. The summed E-state index contributed by atoms with van der Waals surface area (Å²) in [5.41, 5.74) is 0.479. The number of furan rings is 1. The van der Waals surface area contributed by atoms with Crippen LogP contribution in [0.25, 0.3) is 0 Å². The predicted molar refractivity (Wildman–Crippen MR) is 82.2 cm³/mol. The molecule has 0 fully saturated rings. The smallest absolute Gasteiger partial charge is 0.282 e. The van der Waals surface area contributed by atoms with E-state index in [0.29, 0.717) is 5.76 Å². The molecule has 1 aromatic heterocycles. The van der Waals surface area contributed by atoms with E-state index in [1.54, 1.807) is 13.8 Å². The van der Waals surface area contributed by atoms with Gasteiger partial charge in [0.25, 0.3) is 11.6 Å². The first-order valence-electron chi connectivity index (χ1n) is 6.61. The molecule has 22 heavy (non-hydrogen) atoms. The van der Waals surface area contributed by atoms with Crippen molar-refractivity contribution in [1.82, 2.24) is 5.32 Å². The van der Waals surface area contributed by atoms with Crippen molar-refractivity contribution in [2.45, 2.75) is 26.8 Å². The number of nitro groups is 1. The molecule has 2 rings (SSSR count). The van der Waals surface area contributed by atoms with Crippen LogP contribution in [0.5, 0.6) is 0 Å². The highest BCUT2D eigenvalue weighted by molar-refractivity contribution is 6.31. The van der Waals surface area contributed by atoms with Gasteiger partial charge in [-0.3, -0.25) is 14.9 Å². The Hall–Kier alpha value is -2.34. The van der Waals surface area contributed by atoms with Gasteiger partial charge >= 0.3 is 0 Å². The molecule has 0 aliphatic carbocycles. The van der Waals surface area contributed by atoms with Crippen molar-refractivity contribution in [3.05, 3.63) is 62.0 Å². The van der Waals surface area contributed by atoms with Gasteiger partial charge in [0.05, 0.1) is 11.0 Å². The maximum atomic E-state index is 12.3. The van der Waals surface area contributed by atoms with Crippen LogP contribution in [0.1, 0.15) is 40.4 Å². The Kier molecular flexibility index (Phi) is 4.51. The van der Waals surface area contributed by atoms with E-state index in [4.69, 9.17) is 16.0 Å². The summed E-state index contributed by atoms with van der Waals surface area (Å²) in [4.78, 5) is 22.7. The van der Waals surface area contributed by atoms with E-state index in [2.05, 4.69) is 5.32 Å². The summed E-state index contributed by atoms with van der Waals surface area (Å²) >= 11 is 5.83. The molecule has 0 aliphatic heterocycles. The number of nitrogens with zero attached hydrogens (tertiary/aromatic N) is 1. The molecule has 1 atom stereocenters. The Morgan fingerprint density at radius 1 is 1.36 bits per heavy atom. The van der Waals surface area contributed by atoms with Crippen LogP contribution in [-0.2, 0) is 0 Å². The van der Waals surface area contributed by atoms with E-state index in [1.165, 1.54) is 18.2 Å². The van der Waals surface area contributed by atoms with Crippen molar-refractivity contribution < 1.29 is 14.1 Å². The molecule has 0 radical (unpaired) electrons. The third-order valence-electron chi connectivity index (χ3n) is 3.29. The van der Waals surface area contributed by atoms with Crippen LogP contribution < -0.4 is 5.32 Å². The van der Waals surface area contributed by atoms with Gasteiger partial charge in [-0.1, -0.05) is 11.6 Å². The van der Waals surface area contributed by atoms with Gasteiger partial charge in [-0.05, 0) is 39.0 Å². The van der Waals surface area contributed by atoms with Crippen LogP contribution in [0.15, 0.2) is 28.7 Å². The summed E-state index contributed by atoms with van der Waals surface area (Å²) in [6.07, 6.45) is 0. The van der Waals surface area contributed by atoms with Crippen molar-refractivity contribution in [2.75, 3.05) is 0 Å². The van der Waals surface area contributed by atoms with Gasteiger partial charge in [0.15, 0.2) is 0 Å². The fourth-order valence-electron chi connectivity index (χ4n) is 2.28. The number of carbonyl (C=O) groups is 1. The minimum absolute atomic E-state index is 0.0674. The quantitative estimate of drug-likeness (QED) is 0.682. The number of carbonyl (C=O) groups excluding carboxylic acids is 1. The standard InChI is InChI=1S/C15H15ClN2O4/c1-8-6-12(10(3)22-8)9(2)17-15(19)13-7-11(16)4-5-14(13)18(20)21/h4-7,9H,1-3H3,(H,17,19). The van der Waals surface area contributed by atoms with Gasteiger partial charge in [-0.25, -0.2) is 0 Å². The minimum Gasteiger partial charge on any atom is -0.466 e. The van der Waals surface area contributed by atoms with Crippen LogP contribution in [0.3, 0.4) is 0 Å². The fraction of sp³-hybridized carbons (Fsp3) is 0.267. The second kappa shape index (κ2) is 6.19. The zero-order valence-corrected chi connectivity index (χ0v) is 13.1. The zero-order valence-electron chi connectivity index (χ0n) is 12.3. The van der Waals surface area contributed by atoms with Crippen LogP contribution >= 0.6 is 11.6 Å². The van der Waals surface area contributed by atoms with Crippen molar-refractivity contribution in [3.63, 3.8) is 0 Å². The highest BCUT2D eigenvalue weighted by atomic mass is 35.5. The number of nitro benzene ring substituents is 1. The Bertz CT molecular complexity index is 739. The van der Waals surface area contributed by atoms with E-state index in [-0.39, 0.29) is 22.3 Å². The number of halogens is 1. The van der Waals surface area contributed by atoms with E-state index < -0.39 is 10.8 Å². The molecule has 6 nitrogen and oxygen atoms in total. The number of benzene rings is 1. The lowest BCUT2D eigenvalue weighted by atomic mass is 10.1. The van der Waals surface area contributed by atoms with Gasteiger partial charge in [-0.2, -0.15) is 0 Å². The normalized spacial score (nSPS) is 12.0. The molecular weight excluding hydrogens is 308 g/mol. The third-order valence-corrected chi connectivity index (χ3v) is 3.53. The molecule has 116 valence electrons. The van der Waals surface area contributed by atoms with Crippen molar-refractivity contribution in [1.29, 1.82) is 0 Å². The maximum Gasteiger partial charge on any atom is 0.282 e. The molecule has 0 bridgehead atoms. The van der Waals surface area contributed by atoms with E-state index in [1.807, 2.05) is 13.0 Å². The monoisotopic (exact) mass is 322 g/mol. The second-order valence-corrected chi connectivity index (χ2v) is 5.42. The van der Waals surface area contributed by atoms with E-state index in [0.717, 1.165) is 11.3 Å². The molecule has 1 amide bonds. The third kappa shape index (κ3) is 3.28. The topological polar surface area (TPSA) is 85.4 Å². The average molecular weight is 323 g/mol. The molecule has 1 aromatic carbocycles. The zero-order chi connectivity index (χ0) is 16.4. The van der Waals surface area contributed by atoms with Gasteiger partial charge in [0.2, 0.25) is 0 Å². The summed E-state index contributed by atoms with van der Waals surface area (Å²) in [6.45, 7) is 5.39. The largest absolute Gasteiger partial charge is 0.466 e. The number of hydrogen-bond acceptors (Lipinski definition) is 4. The van der Waals surface area contributed by atoms with Gasteiger partial charge < -0.3 is 9.73 Å². The Morgan fingerprint density at radius 3 is 2.59 bits per heavy atom. The van der Waals surface area contributed by atoms with Crippen molar-refractivity contribution in [2.24, 2.45) is 0 Å². The molecule has 1 heterocycles. The number of hydrogen-bond donors (Lipinski definition) is 1. The first kappa shape index (κ1) is 16.0. The number of nitrogens with one attached hydrogen (secondary N) is 1. The second-order valence-electron chi connectivity index (χ2n) is 4.98. The van der Waals surface area contributed by atoms with Crippen LogP contribution in [0, 0.1) is 24.0 Å². The van der Waals surface area contributed by atoms with Crippen LogP contribution in [0.4, 0.5) is 5.69 Å². The summed E-state index contributed by atoms with van der Waals surface area (Å²) in [7, 11) is 0. The highest BCUT2D eigenvalue weighted by Crippen LogP contribution is 2.25. The number of rotatable bonds is 4. The highest BCUT2D eigenvalue weighted by Gasteiger charge is 2.23. The first-order chi connectivity index (χ1) is 10.3. The summed E-state index contributed by atoms with van der Waals surface area (Å²) < 4.78 is 5.42. The Labute approximate surface area is 132 Å². The number of amides is 1. The molecule has 0 spiro atoms. The molecule has 1 unspecified atom stereocenters. The lowest BCUT2D eigenvalue weighted by Crippen LogP contribution is -2.27. The summed E-state index contributed by atoms with van der Waals surface area (Å²) in [6, 6.07) is 5.36. The van der Waals surface area contributed by atoms with Crippen LogP contribution in [0.2, 0.25) is 5.02 Å². The minimum atomic E-state index is -0.608. The van der Waals surface area contributed by atoms with Gasteiger partial charge in [-0.15, -0.1) is 0 Å². The average Bonchev–Trinajstić information content (AvgIpc) is 2.77. The van der Waals surface area contributed by atoms with Crippen molar-refractivity contribution >= 4 is 23.2 Å². The van der Waals surface area contributed by atoms with Crippen LogP contribution in [-0.4, -0.2) is 10.8 Å². The van der Waals surface area contributed by atoms with E-state index in [9.17, 15) is 14.9 Å². The Morgan fingerprint density at radius 2 is 2.05 bits per heavy atom. The lowest BCUT2D eigenvalue weighted by molar-refractivity contribution is -0.385. The maximum absolute atomic E-state index is 12.3. The lowest BCUT2D eigenvalue weighted by Gasteiger charge is -2.13. The van der Waals surface area contributed by atoms with Gasteiger partial charge in [0.1, 0.15) is 17.1 Å². The number of aryl methyl sites for hydroxylation is 2. The molecule has 1 N–H and O–H groups in total. The SMILES string of the molecule is Cc1cc(C(C)NC(=O)c2cc(Cl)ccc2[N+](=O)[O-])c(C)o1. The molecule has 7 heteroatoms. The fourth-order valence-corrected chi connectivity index (χ4v) is 2.45. The molecule has 0 aliphatic rings. The van der Waals surface area contributed by atoms with E-state index >= 15 is 0 Å². The summed E-state index contributed by atoms with van der Waals surface area (Å²) in [5.74, 6) is 0.883. The van der Waals surface area contributed by atoms with Gasteiger partial charge in [0, 0.05) is 16.7 Å². The predicted octanol–water partition coefficient (Wildman–Crippen LogP) is 3.95.